The molecule has 0 saturated carbocycles. The van der Waals surface area contributed by atoms with Crippen molar-refractivity contribution >= 4 is 17.3 Å². The van der Waals surface area contributed by atoms with Crippen LogP contribution in [0.3, 0.4) is 0 Å². The number of fused-ring (bicyclic) bond motifs is 1. The number of benzene rings is 2. The fourth-order valence-corrected chi connectivity index (χ4v) is 3.98. The van der Waals surface area contributed by atoms with E-state index in [9.17, 15) is 4.79 Å². The van der Waals surface area contributed by atoms with Crippen molar-refractivity contribution < 1.29 is 37.5 Å². The van der Waals surface area contributed by atoms with Gasteiger partial charge in [0.2, 0.25) is 0 Å². The molecule has 0 aliphatic rings. The average Bonchev–Trinajstić information content (AvgIpc) is 3.27. The van der Waals surface area contributed by atoms with Crippen LogP contribution in [0, 0.1) is 43.9 Å². The minimum Gasteiger partial charge on any atom is -0.370 e. The van der Waals surface area contributed by atoms with E-state index in [1.165, 1.54) is 6.33 Å². The minimum atomic E-state index is 0. The number of hydrogen-bond donors (Lipinski definition) is 0. The predicted octanol–water partition coefficient (Wildman–Crippen LogP) is 5.72. The van der Waals surface area contributed by atoms with Crippen molar-refractivity contribution in [3.63, 3.8) is 0 Å². The molecule has 0 saturated heterocycles. The number of nitrogens with zero attached hydrogens (tertiary/aromatic N) is 6. The van der Waals surface area contributed by atoms with Crippen LogP contribution < -0.4 is 0 Å². The monoisotopic (exact) mass is 581 g/mol. The Kier molecular flexibility index (Phi) is 13.7. The number of aldehydes is 1. The summed E-state index contributed by atoms with van der Waals surface area (Å²) in [5, 5.41) is 6.50. The molecule has 0 aliphatic heterocycles. The van der Waals surface area contributed by atoms with E-state index < -0.39 is 0 Å². The van der Waals surface area contributed by atoms with Gasteiger partial charge in [-0.15, -0.1) is 13.3 Å². The van der Waals surface area contributed by atoms with E-state index in [1.807, 2.05) is 43.8 Å². The molecule has 0 N–H and O–H groups in total. The first-order valence-electron chi connectivity index (χ1n) is 11.7. The SMILES string of the molecule is C#Cc1cccc(C=O)c1-n1c(C(CC)N(C)C)nc2ccc(-c3cncnc3)cc21.C#N.[CH2-]C([CH2-])C.[Y]. The zero-order valence-corrected chi connectivity index (χ0v) is 25.2. The van der Waals surface area contributed by atoms with Crippen LogP contribution in [-0.4, -0.2) is 44.8 Å². The molecule has 0 aliphatic carbocycles. The van der Waals surface area contributed by atoms with Gasteiger partial charge >= 0.3 is 0 Å². The summed E-state index contributed by atoms with van der Waals surface area (Å²) in [6, 6.07) is 11.5. The first-order valence-corrected chi connectivity index (χ1v) is 11.7. The number of carbonyl (C=O) groups is 1. The Bertz CT molecular complexity index is 1380. The number of aromatic nitrogens is 4. The van der Waals surface area contributed by atoms with Gasteiger partial charge in [0.15, 0.2) is 6.29 Å². The summed E-state index contributed by atoms with van der Waals surface area (Å²) in [7, 11) is 4.05. The van der Waals surface area contributed by atoms with Crippen LogP contribution in [0.1, 0.15) is 48.1 Å². The standard InChI is InChI=1S/C25H23N5O.C4H8.CHN.Y/c1-5-17-8-7-9-19(15-31)24(17)30-23-12-18(20-13-26-16-27-14-20)10-11-21(23)28-25(30)22(6-2)29(3)4;1-4(2)3;1-2;/h1,7-16,22H,6H2,2-4H3;4H,1-2H2,3H3;1H;/q;-2;;. The maximum atomic E-state index is 12.0. The summed E-state index contributed by atoms with van der Waals surface area (Å²) in [4.78, 5) is 27.3. The van der Waals surface area contributed by atoms with E-state index in [0.29, 0.717) is 22.7 Å². The van der Waals surface area contributed by atoms with Gasteiger partial charge in [0.05, 0.1) is 22.8 Å². The third kappa shape index (κ3) is 7.65. The summed E-state index contributed by atoms with van der Waals surface area (Å²) in [6.45, 7) is 14.6. The minimum absolute atomic E-state index is 0. The normalized spacial score (nSPS) is 10.9. The van der Waals surface area contributed by atoms with E-state index in [-0.39, 0.29) is 38.8 Å². The van der Waals surface area contributed by atoms with Gasteiger partial charge < -0.3 is 19.8 Å². The van der Waals surface area contributed by atoms with Crippen LogP contribution in [0.15, 0.2) is 55.1 Å². The van der Waals surface area contributed by atoms with Crippen molar-refractivity contribution in [3.8, 4) is 35.7 Å². The van der Waals surface area contributed by atoms with Crippen LogP contribution in [0.2, 0.25) is 0 Å². The van der Waals surface area contributed by atoms with Gasteiger partial charge in [0, 0.05) is 68.4 Å². The first kappa shape index (κ1) is 32.8. The maximum Gasteiger partial charge on any atom is 0.152 e. The molecule has 0 spiro atoms. The molecule has 2 aromatic carbocycles. The van der Waals surface area contributed by atoms with Gasteiger partial charge in [0.25, 0.3) is 0 Å². The van der Waals surface area contributed by atoms with Crippen molar-refractivity contribution in [1.29, 1.82) is 5.26 Å². The van der Waals surface area contributed by atoms with Gasteiger partial charge in [-0.25, -0.2) is 20.2 Å². The second-order valence-corrected chi connectivity index (χ2v) is 8.63. The third-order valence-electron chi connectivity index (χ3n) is 5.46. The zero-order chi connectivity index (χ0) is 27.5. The van der Waals surface area contributed by atoms with E-state index in [1.54, 1.807) is 24.5 Å². The Balaban J connectivity index is 0.000000945. The van der Waals surface area contributed by atoms with Crippen LogP contribution in [0.25, 0.3) is 27.8 Å². The molecular weight excluding hydrogens is 549 g/mol. The Morgan fingerprint density at radius 3 is 2.29 bits per heavy atom. The molecule has 1 unspecified atom stereocenters. The van der Waals surface area contributed by atoms with Crippen LogP contribution >= 0.6 is 0 Å². The number of rotatable bonds is 6. The molecule has 38 heavy (non-hydrogen) atoms. The molecule has 1 radical (unpaired) electrons. The van der Waals surface area contributed by atoms with Gasteiger partial charge in [-0.3, -0.25) is 14.3 Å². The van der Waals surface area contributed by atoms with Crippen LogP contribution in [0.4, 0.5) is 0 Å². The molecule has 0 bridgehead atoms. The number of para-hydroxylation sites is 1. The summed E-state index contributed by atoms with van der Waals surface area (Å²) < 4.78 is 2.04. The van der Waals surface area contributed by atoms with Crippen molar-refractivity contribution in [2.75, 3.05) is 14.1 Å². The van der Waals surface area contributed by atoms with Gasteiger partial charge in [-0.05, 0) is 50.3 Å². The molecule has 4 aromatic rings. The van der Waals surface area contributed by atoms with Crippen LogP contribution in [0.5, 0.6) is 0 Å². The quantitative estimate of drug-likeness (QED) is 0.165. The van der Waals surface area contributed by atoms with Gasteiger partial charge in [-0.2, -0.15) is 0 Å². The Labute approximate surface area is 251 Å². The molecule has 1 atom stereocenters. The summed E-state index contributed by atoms with van der Waals surface area (Å²) in [5.41, 5.74) is 5.43. The van der Waals surface area contributed by atoms with Crippen molar-refractivity contribution in [1.82, 2.24) is 24.4 Å². The molecular formula is C30H32N6OY-2. The molecule has 2 heterocycles. The summed E-state index contributed by atoms with van der Waals surface area (Å²) in [6.07, 6.45) is 12.6. The van der Waals surface area contributed by atoms with Gasteiger partial charge in [-0.1, -0.05) is 25.0 Å². The molecule has 8 heteroatoms. The molecule has 4 rings (SSSR count). The maximum absolute atomic E-state index is 12.0. The molecule has 7 nitrogen and oxygen atoms in total. The molecule has 2 aromatic heterocycles. The van der Waals surface area contributed by atoms with E-state index in [4.69, 9.17) is 16.7 Å². The zero-order valence-electron chi connectivity index (χ0n) is 22.4. The number of hydrogen-bond acceptors (Lipinski definition) is 6. The Morgan fingerprint density at radius 2 is 1.76 bits per heavy atom. The fourth-order valence-electron chi connectivity index (χ4n) is 3.98. The van der Waals surface area contributed by atoms with Crippen molar-refractivity contribution in [3.05, 3.63) is 85.9 Å². The van der Waals surface area contributed by atoms with Crippen molar-refractivity contribution in [2.24, 2.45) is 5.92 Å². The molecule has 0 amide bonds. The number of imidazole rings is 1. The number of nitriles is 1. The topological polar surface area (TPSA) is 87.7 Å². The molecule has 0 fully saturated rings. The Hall–Kier alpha value is -3.23. The number of terminal acetylenes is 1. The second kappa shape index (κ2) is 15.9. The average molecular weight is 582 g/mol. The van der Waals surface area contributed by atoms with Crippen molar-refractivity contribution in [2.45, 2.75) is 26.3 Å². The Morgan fingerprint density at radius 1 is 1.13 bits per heavy atom. The third-order valence-corrected chi connectivity index (χ3v) is 5.46. The van der Waals surface area contributed by atoms with E-state index in [0.717, 1.165) is 40.7 Å². The summed E-state index contributed by atoms with van der Waals surface area (Å²) in [5.74, 6) is 3.92. The van der Waals surface area contributed by atoms with E-state index in [2.05, 4.69) is 54.2 Å². The predicted molar refractivity (Wildman–Crippen MR) is 149 cm³/mol. The van der Waals surface area contributed by atoms with E-state index >= 15 is 0 Å². The van der Waals surface area contributed by atoms with Crippen LogP contribution in [-0.2, 0) is 32.7 Å². The molecule has 193 valence electrons. The summed E-state index contributed by atoms with van der Waals surface area (Å²) >= 11 is 0. The second-order valence-electron chi connectivity index (χ2n) is 8.63. The first-order chi connectivity index (χ1) is 17.8. The largest absolute Gasteiger partial charge is 0.370 e. The van der Waals surface area contributed by atoms with Gasteiger partial charge in [0.1, 0.15) is 12.2 Å². The number of carbonyl (C=O) groups excluding carboxylic acids is 1. The fraction of sp³-hybridized carbons (Fsp3) is 0.233. The smallest absolute Gasteiger partial charge is 0.152 e.